The van der Waals surface area contributed by atoms with Crippen molar-refractivity contribution in [2.45, 2.75) is 26.7 Å². The first kappa shape index (κ1) is 11.0. The minimum atomic E-state index is 1.00. The highest BCUT2D eigenvalue weighted by molar-refractivity contribution is 5.05. The fourth-order valence-electron chi connectivity index (χ4n) is 0.737. The van der Waals surface area contributed by atoms with E-state index in [1.165, 1.54) is 5.57 Å². The van der Waals surface area contributed by atoms with E-state index in [0.29, 0.717) is 0 Å². The van der Waals surface area contributed by atoms with Crippen molar-refractivity contribution in [3.05, 3.63) is 48.6 Å². The molecule has 0 saturated heterocycles. The zero-order valence-electron chi connectivity index (χ0n) is 8.09. The van der Waals surface area contributed by atoms with Crippen molar-refractivity contribution in [3.8, 4) is 0 Å². The highest BCUT2D eigenvalue weighted by atomic mass is 13.9. The van der Waals surface area contributed by atoms with Crippen LogP contribution in [0.15, 0.2) is 48.6 Å². The van der Waals surface area contributed by atoms with Crippen molar-refractivity contribution in [1.82, 2.24) is 0 Å². The first-order valence-corrected chi connectivity index (χ1v) is 4.35. The Balaban J connectivity index is 3.50. The van der Waals surface area contributed by atoms with E-state index in [4.69, 9.17) is 0 Å². The Morgan fingerprint density at radius 2 is 2.00 bits per heavy atom. The molecule has 0 aromatic heterocycles. The van der Waals surface area contributed by atoms with Crippen LogP contribution in [-0.4, -0.2) is 0 Å². The van der Waals surface area contributed by atoms with Gasteiger partial charge in [0.05, 0.1) is 0 Å². The van der Waals surface area contributed by atoms with Gasteiger partial charge in [0.2, 0.25) is 0 Å². The molecule has 0 aromatic rings. The Labute approximate surface area is 76.0 Å². The van der Waals surface area contributed by atoms with E-state index in [2.05, 4.69) is 44.7 Å². The molecule has 0 N–H and O–H groups in total. The second-order valence-corrected chi connectivity index (χ2v) is 2.71. The van der Waals surface area contributed by atoms with Crippen LogP contribution >= 0.6 is 0 Å². The van der Waals surface area contributed by atoms with Gasteiger partial charge in [-0.15, -0.1) is 0 Å². The number of hydrogen-bond acceptors (Lipinski definition) is 0. The summed E-state index contributed by atoms with van der Waals surface area (Å²) in [6.45, 7) is 7.81. The van der Waals surface area contributed by atoms with Crippen LogP contribution in [0.2, 0.25) is 0 Å². The second-order valence-electron chi connectivity index (χ2n) is 2.71. The van der Waals surface area contributed by atoms with Crippen molar-refractivity contribution < 1.29 is 0 Å². The fraction of sp³-hybridized carbons (Fsp3) is 0.333. The molecule has 0 aromatic carbocycles. The second kappa shape index (κ2) is 8.06. The number of allylic oxidation sites excluding steroid dienone is 7. The highest BCUT2D eigenvalue weighted by Crippen LogP contribution is 2.00. The van der Waals surface area contributed by atoms with E-state index in [-0.39, 0.29) is 0 Å². The van der Waals surface area contributed by atoms with Crippen molar-refractivity contribution in [1.29, 1.82) is 0 Å². The summed E-state index contributed by atoms with van der Waals surface area (Å²) < 4.78 is 0. The Kier molecular flexibility index (Phi) is 7.36. The monoisotopic (exact) mass is 162 g/mol. The van der Waals surface area contributed by atoms with Gasteiger partial charge in [-0.05, 0) is 26.7 Å². The van der Waals surface area contributed by atoms with Gasteiger partial charge in [-0.25, -0.2) is 0 Å². The van der Waals surface area contributed by atoms with E-state index in [0.717, 1.165) is 12.8 Å². The molecule has 0 bridgehead atoms. The van der Waals surface area contributed by atoms with Crippen molar-refractivity contribution in [3.63, 3.8) is 0 Å². The third kappa shape index (κ3) is 7.07. The summed E-state index contributed by atoms with van der Waals surface area (Å²) in [5, 5.41) is 0. The van der Waals surface area contributed by atoms with Gasteiger partial charge in [-0.1, -0.05) is 48.6 Å². The molecule has 0 unspecified atom stereocenters. The Morgan fingerprint density at radius 1 is 1.25 bits per heavy atom. The lowest BCUT2D eigenvalue weighted by atomic mass is 10.2. The molecule has 0 rings (SSSR count). The molecule has 0 amide bonds. The van der Waals surface area contributed by atoms with Crippen LogP contribution in [-0.2, 0) is 0 Å². The van der Waals surface area contributed by atoms with Crippen LogP contribution < -0.4 is 0 Å². The SMILES string of the molecule is C=C/C=C\C/C=C\C/C(C)=C/C. The zero-order valence-corrected chi connectivity index (χ0v) is 8.09. The maximum atomic E-state index is 3.60. The quantitative estimate of drug-likeness (QED) is 0.423. The normalized spacial score (nSPS) is 13.0. The molecule has 0 radical (unpaired) electrons. The molecule has 0 heterocycles. The molecule has 0 aliphatic carbocycles. The topological polar surface area (TPSA) is 0 Å². The number of rotatable bonds is 5. The van der Waals surface area contributed by atoms with Crippen molar-refractivity contribution >= 4 is 0 Å². The van der Waals surface area contributed by atoms with E-state index in [1.807, 2.05) is 6.08 Å². The van der Waals surface area contributed by atoms with Crippen LogP contribution in [0, 0.1) is 0 Å². The van der Waals surface area contributed by atoms with Gasteiger partial charge in [0, 0.05) is 0 Å². The highest BCUT2D eigenvalue weighted by Gasteiger charge is 1.79. The first-order chi connectivity index (χ1) is 5.81. The van der Waals surface area contributed by atoms with E-state index in [1.54, 1.807) is 6.08 Å². The third-order valence-electron chi connectivity index (χ3n) is 1.64. The largest absolute Gasteiger partial charge is 0.0991 e. The molecular weight excluding hydrogens is 144 g/mol. The molecule has 0 fully saturated rings. The van der Waals surface area contributed by atoms with E-state index in [9.17, 15) is 0 Å². The van der Waals surface area contributed by atoms with Crippen LogP contribution in [0.1, 0.15) is 26.7 Å². The maximum Gasteiger partial charge on any atom is -0.0142 e. The Bertz CT molecular complexity index is 192. The molecule has 66 valence electrons. The zero-order chi connectivity index (χ0) is 9.23. The molecule has 0 heteroatoms. The van der Waals surface area contributed by atoms with Gasteiger partial charge < -0.3 is 0 Å². The Morgan fingerprint density at radius 3 is 2.58 bits per heavy atom. The van der Waals surface area contributed by atoms with Gasteiger partial charge in [0.25, 0.3) is 0 Å². The maximum absolute atomic E-state index is 3.60. The smallest absolute Gasteiger partial charge is 0.0142 e. The average molecular weight is 162 g/mol. The van der Waals surface area contributed by atoms with Crippen LogP contribution in [0.3, 0.4) is 0 Å². The summed E-state index contributed by atoms with van der Waals surface area (Å²) in [5.74, 6) is 0. The standard InChI is InChI=1S/C12H18/c1-4-6-7-8-9-10-11-12(3)5-2/h4-7,9-10H,1,8,11H2,2-3H3/b7-6-,10-9-,12-5+. The lowest BCUT2D eigenvalue weighted by Crippen LogP contribution is -1.69. The summed E-state index contributed by atoms with van der Waals surface area (Å²) in [6, 6.07) is 0. The predicted octanol–water partition coefficient (Wildman–Crippen LogP) is 4.03. The summed E-state index contributed by atoms with van der Waals surface area (Å²) in [7, 11) is 0. The third-order valence-corrected chi connectivity index (χ3v) is 1.64. The molecule has 0 nitrogen and oxygen atoms in total. The molecule has 12 heavy (non-hydrogen) atoms. The summed E-state index contributed by atoms with van der Waals surface area (Å²) in [4.78, 5) is 0. The average Bonchev–Trinajstić information content (AvgIpc) is 2.10. The Hall–Kier alpha value is -1.04. The van der Waals surface area contributed by atoms with E-state index >= 15 is 0 Å². The lowest BCUT2D eigenvalue weighted by Gasteiger charge is -1.90. The number of hydrogen-bond donors (Lipinski definition) is 0. The van der Waals surface area contributed by atoms with E-state index < -0.39 is 0 Å². The molecule has 0 aliphatic rings. The first-order valence-electron chi connectivity index (χ1n) is 4.35. The molecule has 0 spiro atoms. The molecule has 0 atom stereocenters. The molecule has 0 saturated carbocycles. The van der Waals surface area contributed by atoms with Gasteiger partial charge in [-0.3, -0.25) is 0 Å². The van der Waals surface area contributed by atoms with Crippen LogP contribution in [0.5, 0.6) is 0 Å². The van der Waals surface area contributed by atoms with Gasteiger partial charge in [0.15, 0.2) is 0 Å². The van der Waals surface area contributed by atoms with Gasteiger partial charge >= 0.3 is 0 Å². The predicted molar refractivity (Wildman–Crippen MR) is 57.1 cm³/mol. The minimum absolute atomic E-state index is 1.00. The van der Waals surface area contributed by atoms with Crippen LogP contribution in [0.25, 0.3) is 0 Å². The summed E-state index contributed by atoms with van der Waals surface area (Å²) >= 11 is 0. The fourth-order valence-corrected chi connectivity index (χ4v) is 0.737. The minimum Gasteiger partial charge on any atom is -0.0991 e. The molecular formula is C12H18. The van der Waals surface area contributed by atoms with Crippen molar-refractivity contribution in [2.75, 3.05) is 0 Å². The lowest BCUT2D eigenvalue weighted by molar-refractivity contribution is 1.18. The van der Waals surface area contributed by atoms with Crippen LogP contribution in [0.4, 0.5) is 0 Å². The van der Waals surface area contributed by atoms with Gasteiger partial charge in [0.1, 0.15) is 0 Å². The summed E-state index contributed by atoms with van der Waals surface area (Å²) in [6.07, 6.45) is 14.4. The summed E-state index contributed by atoms with van der Waals surface area (Å²) in [5.41, 5.74) is 1.42. The van der Waals surface area contributed by atoms with Crippen molar-refractivity contribution in [2.24, 2.45) is 0 Å². The molecule has 0 aliphatic heterocycles. The van der Waals surface area contributed by atoms with Gasteiger partial charge in [-0.2, -0.15) is 0 Å².